The summed E-state index contributed by atoms with van der Waals surface area (Å²) in [7, 11) is 1.57. The quantitative estimate of drug-likeness (QED) is 0.831. The van der Waals surface area contributed by atoms with E-state index >= 15 is 0 Å². The van der Waals surface area contributed by atoms with Gasteiger partial charge < -0.3 is 20.1 Å². The molecule has 2 N–H and O–H groups in total. The lowest BCUT2D eigenvalue weighted by molar-refractivity contribution is -0.118. The highest BCUT2D eigenvalue weighted by atomic mass is 16.5. The summed E-state index contributed by atoms with van der Waals surface area (Å²) >= 11 is 0. The van der Waals surface area contributed by atoms with E-state index in [1.54, 1.807) is 7.11 Å². The maximum Gasteiger partial charge on any atom is 0.249 e. The fourth-order valence-corrected chi connectivity index (χ4v) is 1.80. The van der Waals surface area contributed by atoms with Crippen LogP contribution in [0.15, 0.2) is 18.2 Å². The number of carbonyl (C=O) groups is 1. The zero-order valence-corrected chi connectivity index (χ0v) is 9.95. The summed E-state index contributed by atoms with van der Waals surface area (Å²) in [6.07, 6.45) is 0. The number of nitrogens with one attached hydrogen (secondary N) is 2. The maximum atomic E-state index is 11.8. The molecular weight excluding hydrogens is 220 g/mol. The second-order valence-corrected chi connectivity index (χ2v) is 3.75. The Hall–Kier alpha value is -1.75. The molecule has 2 rings (SSSR count). The minimum Gasteiger partial charge on any atom is -0.492 e. The van der Waals surface area contributed by atoms with E-state index in [4.69, 9.17) is 9.47 Å². The lowest BCUT2D eigenvalue weighted by Gasteiger charge is -2.27. The topological polar surface area (TPSA) is 59.6 Å². The van der Waals surface area contributed by atoms with Crippen molar-refractivity contribution in [2.45, 2.75) is 13.0 Å². The van der Waals surface area contributed by atoms with Gasteiger partial charge in [0.05, 0.1) is 18.9 Å². The van der Waals surface area contributed by atoms with Crippen molar-refractivity contribution in [2.24, 2.45) is 0 Å². The summed E-state index contributed by atoms with van der Waals surface area (Å²) in [5.41, 5.74) is 1.56. The summed E-state index contributed by atoms with van der Waals surface area (Å²) in [6.45, 7) is 2.81. The predicted octanol–water partition coefficient (Wildman–Crippen LogP) is 1.46. The van der Waals surface area contributed by atoms with Gasteiger partial charge in [0, 0.05) is 7.11 Å². The highest BCUT2D eigenvalue weighted by Crippen LogP contribution is 2.35. The number of hydrogen-bond acceptors (Lipinski definition) is 4. The van der Waals surface area contributed by atoms with E-state index < -0.39 is 0 Å². The Morgan fingerprint density at radius 2 is 2.24 bits per heavy atom. The molecule has 0 aliphatic carbocycles. The van der Waals surface area contributed by atoms with Crippen LogP contribution < -0.4 is 15.4 Å². The number of benzene rings is 1. The van der Waals surface area contributed by atoms with E-state index in [9.17, 15) is 4.79 Å². The number of anilines is 2. The molecule has 1 amide bonds. The summed E-state index contributed by atoms with van der Waals surface area (Å²) in [5, 5.41) is 5.97. The molecule has 0 spiro atoms. The first-order valence-corrected chi connectivity index (χ1v) is 5.58. The molecule has 1 aromatic carbocycles. The minimum absolute atomic E-state index is 0.105. The Labute approximate surface area is 100 Å². The molecular formula is C12H16N2O3. The van der Waals surface area contributed by atoms with Gasteiger partial charge in [0.2, 0.25) is 5.91 Å². The van der Waals surface area contributed by atoms with Gasteiger partial charge in [-0.05, 0) is 19.1 Å². The number of fused-ring (bicyclic) bond motifs is 1. The monoisotopic (exact) mass is 236 g/mol. The highest BCUT2D eigenvalue weighted by Gasteiger charge is 2.27. The number of ether oxygens (including phenoxy) is 2. The summed E-state index contributed by atoms with van der Waals surface area (Å²) < 4.78 is 10.5. The van der Waals surface area contributed by atoms with Gasteiger partial charge >= 0.3 is 0 Å². The van der Waals surface area contributed by atoms with Crippen LogP contribution in [-0.2, 0) is 9.53 Å². The van der Waals surface area contributed by atoms with Crippen molar-refractivity contribution >= 4 is 17.3 Å². The molecule has 0 saturated heterocycles. The second kappa shape index (κ2) is 5.05. The molecule has 1 atom stereocenters. The van der Waals surface area contributed by atoms with Gasteiger partial charge in [-0.2, -0.15) is 0 Å². The molecule has 92 valence electrons. The Morgan fingerprint density at radius 3 is 2.94 bits per heavy atom. The highest BCUT2D eigenvalue weighted by molar-refractivity contribution is 6.04. The SMILES string of the molecule is CCOc1cccc2c1NC(=O)C(COC)N2. The van der Waals surface area contributed by atoms with Crippen LogP contribution in [0.1, 0.15) is 6.92 Å². The van der Waals surface area contributed by atoms with Crippen LogP contribution in [-0.4, -0.2) is 32.3 Å². The first kappa shape index (κ1) is 11.7. The van der Waals surface area contributed by atoms with Crippen molar-refractivity contribution in [3.05, 3.63) is 18.2 Å². The first-order chi connectivity index (χ1) is 8.26. The zero-order chi connectivity index (χ0) is 12.3. The Bertz CT molecular complexity index is 420. The van der Waals surface area contributed by atoms with Gasteiger partial charge in [-0.1, -0.05) is 6.07 Å². The van der Waals surface area contributed by atoms with Gasteiger partial charge in [-0.15, -0.1) is 0 Å². The Balaban J connectivity index is 2.27. The van der Waals surface area contributed by atoms with E-state index in [-0.39, 0.29) is 11.9 Å². The standard InChI is InChI=1S/C12H16N2O3/c1-3-17-10-6-4-5-8-11(10)14-12(15)9(13-8)7-16-2/h4-6,9,13H,3,7H2,1-2H3,(H,14,15). The first-order valence-electron chi connectivity index (χ1n) is 5.58. The Kier molecular flexibility index (Phi) is 3.49. The lowest BCUT2D eigenvalue weighted by atomic mass is 10.1. The van der Waals surface area contributed by atoms with Crippen LogP contribution in [0.5, 0.6) is 5.75 Å². The number of carbonyl (C=O) groups excluding carboxylic acids is 1. The van der Waals surface area contributed by atoms with Crippen LogP contribution in [0.25, 0.3) is 0 Å². The zero-order valence-electron chi connectivity index (χ0n) is 9.95. The smallest absolute Gasteiger partial charge is 0.249 e. The molecule has 0 fully saturated rings. The lowest BCUT2D eigenvalue weighted by Crippen LogP contribution is -2.42. The summed E-state index contributed by atoms with van der Waals surface area (Å²) in [5.74, 6) is 0.577. The van der Waals surface area contributed by atoms with E-state index in [1.165, 1.54) is 0 Å². The molecule has 5 heteroatoms. The number of amides is 1. The van der Waals surface area contributed by atoms with Gasteiger partial charge in [-0.25, -0.2) is 0 Å². The molecule has 0 saturated carbocycles. The van der Waals surface area contributed by atoms with Crippen LogP contribution in [0, 0.1) is 0 Å². The maximum absolute atomic E-state index is 11.8. The largest absolute Gasteiger partial charge is 0.492 e. The van der Waals surface area contributed by atoms with Crippen molar-refractivity contribution in [2.75, 3.05) is 31.0 Å². The van der Waals surface area contributed by atoms with Crippen molar-refractivity contribution in [1.82, 2.24) is 0 Å². The van der Waals surface area contributed by atoms with E-state index in [2.05, 4.69) is 10.6 Å². The molecule has 1 aromatic rings. The third kappa shape index (κ3) is 2.34. The number of hydrogen-bond donors (Lipinski definition) is 2. The van der Waals surface area contributed by atoms with Gasteiger partial charge in [0.25, 0.3) is 0 Å². The molecule has 0 bridgehead atoms. The summed E-state index contributed by atoms with van der Waals surface area (Å²) in [6, 6.07) is 5.27. The second-order valence-electron chi connectivity index (χ2n) is 3.75. The summed E-state index contributed by atoms with van der Waals surface area (Å²) in [4.78, 5) is 11.8. The molecule has 17 heavy (non-hydrogen) atoms. The third-order valence-electron chi connectivity index (χ3n) is 2.55. The average molecular weight is 236 g/mol. The molecule has 1 aliphatic heterocycles. The molecule has 0 radical (unpaired) electrons. The van der Waals surface area contributed by atoms with Gasteiger partial charge in [0.1, 0.15) is 17.5 Å². The van der Waals surface area contributed by atoms with Crippen LogP contribution >= 0.6 is 0 Å². The molecule has 5 nitrogen and oxygen atoms in total. The van der Waals surface area contributed by atoms with Crippen molar-refractivity contribution in [3.8, 4) is 5.75 Å². The fraction of sp³-hybridized carbons (Fsp3) is 0.417. The predicted molar refractivity (Wildman–Crippen MR) is 65.5 cm³/mol. The molecule has 1 heterocycles. The Morgan fingerprint density at radius 1 is 1.41 bits per heavy atom. The van der Waals surface area contributed by atoms with Crippen molar-refractivity contribution < 1.29 is 14.3 Å². The van der Waals surface area contributed by atoms with Gasteiger partial charge in [-0.3, -0.25) is 4.79 Å². The number of rotatable bonds is 4. The molecule has 0 aromatic heterocycles. The fourth-order valence-electron chi connectivity index (χ4n) is 1.80. The van der Waals surface area contributed by atoms with Crippen LogP contribution in [0.3, 0.4) is 0 Å². The van der Waals surface area contributed by atoms with Crippen molar-refractivity contribution in [1.29, 1.82) is 0 Å². The number of para-hydroxylation sites is 1. The van der Waals surface area contributed by atoms with Crippen LogP contribution in [0.4, 0.5) is 11.4 Å². The van der Waals surface area contributed by atoms with E-state index in [0.717, 1.165) is 5.69 Å². The molecule has 1 aliphatic rings. The normalized spacial score (nSPS) is 18.0. The van der Waals surface area contributed by atoms with Gasteiger partial charge in [0.15, 0.2) is 0 Å². The third-order valence-corrected chi connectivity index (χ3v) is 2.55. The minimum atomic E-state index is -0.357. The van der Waals surface area contributed by atoms with Crippen LogP contribution in [0.2, 0.25) is 0 Å². The van der Waals surface area contributed by atoms with E-state index in [0.29, 0.717) is 24.7 Å². The number of methoxy groups -OCH3 is 1. The average Bonchev–Trinajstić information content (AvgIpc) is 2.32. The van der Waals surface area contributed by atoms with Crippen molar-refractivity contribution in [3.63, 3.8) is 0 Å². The molecule has 1 unspecified atom stereocenters. The van der Waals surface area contributed by atoms with E-state index in [1.807, 2.05) is 25.1 Å².